The van der Waals surface area contributed by atoms with Gasteiger partial charge in [0.2, 0.25) is 0 Å². The summed E-state index contributed by atoms with van der Waals surface area (Å²) in [5.74, 6) is 2.02. The Hall–Kier alpha value is -2.90. The number of carbonyl (C=O) groups is 1. The summed E-state index contributed by atoms with van der Waals surface area (Å²) in [5, 5.41) is 0. The van der Waals surface area contributed by atoms with Gasteiger partial charge in [0, 0.05) is 43.4 Å². The quantitative estimate of drug-likeness (QED) is 0.390. The summed E-state index contributed by atoms with van der Waals surface area (Å²) in [6.45, 7) is 7.99. The van der Waals surface area contributed by atoms with Gasteiger partial charge in [-0.1, -0.05) is 28.1 Å². The second kappa shape index (κ2) is 10.8. The van der Waals surface area contributed by atoms with E-state index in [1.54, 1.807) is 18.3 Å². The molecule has 1 aliphatic rings. The van der Waals surface area contributed by atoms with Gasteiger partial charge in [-0.25, -0.2) is 9.78 Å². The average molecular weight is 510 g/mol. The fourth-order valence-corrected chi connectivity index (χ4v) is 4.03. The maximum atomic E-state index is 12.5. The Kier molecular flexibility index (Phi) is 7.62. The molecule has 6 nitrogen and oxygen atoms in total. The lowest BCUT2D eigenvalue weighted by molar-refractivity contribution is 0.0378. The van der Waals surface area contributed by atoms with Crippen LogP contribution in [0.4, 0.5) is 5.82 Å². The van der Waals surface area contributed by atoms with Crippen molar-refractivity contribution in [2.45, 2.75) is 26.5 Å². The van der Waals surface area contributed by atoms with Gasteiger partial charge in [0.15, 0.2) is 0 Å². The third-order valence-electron chi connectivity index (χ3n) is 5.40. The fourth-order valence-electron chi connectivity index (χ4n) is 3.76. The lowest BCUT2D eigenvalue weighted by Gasteiger charge is -2.36. The molecule has 4 rings (SSSR count). The van der Waals surface area contributed by atoms with E-state index in [-0.39, 0.29) is 12.1 Å². The zero-order valence-electron chi connectivity index (χ0n) is 18.9. The molecule has 0 bridgehead atoms. The number of aromatic nitrogens is 1. The molecule has 0 amide bonds. The van der Waals surface area contributed by atoms with Crippen molar-refractivity contribution in [2.75, 3.05) is 31.1 Å². The lowest BCUT2D eigenvalue weighted by atomic mass is 10.1. The summed E-state index contributed by atoms with van der Waals surface area (Å²) in [6.07, 6.45) is 1.57. The summed E-state index contributed by atoms with van der Waals surface area (Å²) in [4.78, 5) is 21.5. The van der Waals surface area contributed by atoms with Crippen LogP contribution in [0.1, 0.15) is 29.8 Å². The molecule has 1 aliphatic heterocycles. The van der Waals surface area contributed by atoms with Gasteiger partial charge in [0.25, 0.3) is 0 Å². The van der Waals surface area contributed by atoms with Gasteiger partial charge in [-0.15, -0.1) is 0 Å². The van der Waals surface area contributed by atoms with E-state index in [4.69, 9.17) is 9.47 Å². The Labute approximate surface area is 203 Å². The van der Waals surface area contributed by atoms with E-state index in [9.17, 15) is 4.79 Å². The molecule has 2 heterocycles. The molecule has 0 atom stereocenters. The van der Waals surface area contributed by atoms with Crippen LogP contribution in [-0.4, -0.2) is 48.1 Å². The molecule has 1 saturated heterocycles. The van der Waals surface area contributed by atoms with Crippen LogP contribution in [0.2, 0.25) is 0 Å². The summed E-state index contributed by atoms with van der Waals surface area (Å²) in [6, 6.07) is 19.6. The molecular formula is C26H28BrN3O3. The van der Waals surface area contributed by atoms with Crippen molar-refractivity contribution in [2.24, 2.45) is 0 Å². The van der Waals surface area contributed by atoms with Gasteiger partial charge < -0.3 is 14.4 Å². The van der Waals surface area contributed by atoms with E-state index in [1.165, 1.54) is 5.56 Å². The van der Waals surface area contributed by atoms with Crippen LogP contribution >= 0.6 is 15.9 Å². The number of halogens is 1. The van der Waals surface area contributed by atoms with Gasteiger partial charge in [0.1, 0.15) is 22.9 Å². The third-order valence-corrected chi connectivity index (χ3v) is 5.93. The monoisotopic (exact) mass is 509 g/mol. The first-order chi connectivity index (χ1) is 16.0. The van der Waals surface area contributed by atoms with Gasteiger partial charge in [-0.2, -0.15) is 0 Å². The van der Waals surface area contributed by atoms with Gasteiger partial charge in [0.05, 0.1) is 6.10 Å². The number of carbonyl (C=O) groups excluding carboxylic acids is 1. The first-order valence-corrected chi connectivity index (χ1v) is 11.9. The number of esters is 1. The molecule has 7 heteroatoms. The van der Waals surface area contributed by atoms with Crippen molar-refractivity contribution in [3.05, 3.63) is 82.5 Å². The van der Waals surface area contributed by atoms with Crippen LogP contribution in [0.25, 0.3) is 0 Å². The highest BCUT2D eigenvalue weighted by Crippen LogP contribution is 2.25. The van der Waals surface area contributed by atoms with E-state index >= 15 is 0 Å². The van der Waals surface area contributed by atoms with E-state index < -0.39 is 0 Å². The van der Waals surface area contributed by atoms with Crippen molar-refractivity contribution >= 4 is 27.7 Å². The smallest absolute Gasteiger partial charge is 0.342 e. The van der Waals surface area contributed by atoms with Gasteiger partial charge >= 0.3 is 5.97 Å². The van der Waals surface area contributed by atoms with E-state index in [0.717, 1.165) is 48.7 Å². The number of rotatable bonds is 7. The van der Waals surface area contributed by atoms with Crippen molar-refractivity contribution in [3.8, 4) is 11.5 Å². The summed E-state index contributed by atoms with van der Waals surface area (Å²) >= 11 is 3.44. The topological polar surface area (TPSA) is 54.9 Å². The maximum absolute atomic E-state index is 12.5. The minimum Gasteiger partial charge on any atom is -0.459 e. The lowest BCUT2D eigenvalue weighted by Crippen LogP contribution is -2.46. The fraction of sp³-hybridized carbons (Fsp3) is 0.308. The molecule has 0 N–H and O–H groups in total. The minimum absolute atomic E-state index is 0.158. The predicted octanol–water partition coefficient (Wildman–Crippen LogP) is 5.52. The summed E-state index contributed by atoms with van der Waals surface area (Å²) in [5.41, 5.74) is 1.77. The average Bonchev–Trinajstić information content (AvgIpc) is 2.82. The van der Waals surface area contributed by atoms with Crippen molar-refractivity contribution in [1.82, 2.24) is 9.88 Å². The molecule has 0 aliphatic carbocycles. The largest absolute Gasteiger partial charge is 0.459 e. The Morgan fingerprint density at radius 3 is 2.24 bits per heavy atom. The highest BCUT2D eigenvalue weighted by Gasteiger charge is 2.23. The van der Waals surface area contributed by atoms with Crippen molar-refractivity contribution in [3.63, 3.8) is 0 Å². The third kappa shape index (κ3) is 6.33. The number of nitrogens with zero attached hydrogens (tertiary/aromatic N) is 3. The maximum Gasteiger partial charge on any atom is 0.342 e. The second-order valence-electron chi connectivity index (χ2n) is 8.29. The predicted molar refractivity (Wildman–Crippen MR) is 133 cm³/mol. The van der Waals surface area contributed by atoms with Crippen molar-refractivity contribution in [1.29, 1.82) is 0 Å². The molecule has 0 radical (unpaired) electrons. The van der Waals surface area contributed by atoms with Gasteiger partial charge in [-0.05, 0) is 67.9 Å². The molecule has 3 aromatic rings. The minimum atomic E-state index is -0.319. The molecule has 0 unspecified atom stereocenters. The molecule has 33 heavy (non-hydrogen) atoms. The molecular weight excluding hydrogens is 482 g/mol. The van der Waals surface area contributed by atoms with E-state index in [1.807, 2.05) is 50.2 Å². The zero-order valence-corrected chi connectivity index (χ0v) is 20.5. The first kappa shape index (κ1) is 23.3. The highest BCUT2D eigenvalue weighted by molar-refractivity contribution is 9.10. The number of hydrogen-bond donors (Lipinski definition) is 0. The normalized spacial score (nSPS) is 14.4. The van der Waals surface area contributed by atoms with E-state index in [2.05, 4.69) is 42.8 Å². The number of benzene rings is 2. The van der Waals surface area contributed by atoms with Crippen LogP contribution in [0.3, 0.4) is 0 Å². The number of anilines is 1. The van der Waals surface area contributed by atoms with Crippen LogP contribution in [0, 0.1) is 0 Å². The first-order valence-electron chi connectivity index (χ1n) is 11.1. The summed E-state index contributed by atoms with van der Waals surface area (Å²) < 4.78 is 12.3. The molecule has 1 aromatic heterocycles. The molecule has 1 fully saturated rings. The Morgan fingerprint density at radius 1 is 0.970 bits per heavy atom. The Morgan fingerprint density at radius 2 is 1.61 bits per heavy atom. The van der Waals surface area contributed by atoms with Crippen LogP contribution in [0.15, 0.2) is 71.3 Å². The number of hydrogen-bond acceptors (Lipinski definition) is 6. The van der Waals surface area contributed by atoms with E-state index in [0.29, 0.717) is 11.4 Å². The number of piperazine rings is 1. The molecule has 0 spiro atoms. The van der Waals surface area contributed by atoms with Crippen molar-refractivity contribution < 1.29 is 14.3 Å². The number of ether oxygens (including phenoxy) is 2. The van der Waals surface area contributed by atoms with Crippen LogP contribution in [-0.2, 0) is 11.3 Å². The second-order valence-corrected chi connectivity index (χ2v) is 9.21. The molecule has 172 valence electrons. The van der Waals surface area contributed by atoms with Crippen LogP contribution < -0.4 is 9.64 Å². The van der Waals surface area contributed by atoms with Gasteiger partial charge in [-0.3, -0.25) is 4.90 Å². The molecule has 0 saturated carbocycles. The molecule has 2 aromatic carbocycles. The highest BCUT2D eigenvalue weighted by atomic mass is 79.9. The standard InChI is InChI=1S/C26H28BrN3O3/c1-19(2)32-26(31)24-4-3-13-28-25(24)30-16-14-29(15-17-30)18-20-5-9-22(10-6-20)33-23-11-7-21(27)8-12-23/h3-13,19H,14-18H2,1-2H3. The van der Waals surface area contributed by atoms with Crippen LogP contribution in [0.5, 0.6) is 11.5 Å². The summed E-state index contributed by atoms with van der Waals surface area (Å²) in [7, 11) is 0. The Bertz CT molecular complexity index is 1060. The zero-order chi connectivity index (χ0) is 23.2. The number of pyridine rings is 1. The Balaban J connectivity index is 1.32. The SMILES string of the molecule is CC(C)OC(=O)c1cccnc1N1CCN(Cc2ccc(Oc3ccc(Br)cc3)cc2)CC1.